The third-order valence-corrected chi connectivity index (χ3v) is 4.59. The topological polar surface area (TPSA) is 54.5 Å². The number of nitrogens with zero attached hydrogens (tertiary/aromatic N) is 2. The predicted octanol–water partition coefficient (Wildman–Crippen LogP) is 1.98. The number of hydrogen-bond acceptors (Lipinski definition) is 4. The number of piperidine rings is 1. The number of hydrogen-bond donors (Lipinski definition) is 1. The normalized spacial score (nSPS) is 20.0. The summed E-state index contributed by atoms with van der Waals surface area (Å²) in [5, 5.41) is 3.17. The number of amides is 1. The molecule has 5 heteroatoms. The zero-order valence-electron chi connectivity index (χ0n) is 12.5. The fraction of sp³-hybridized carbons (Fsp3) is 0.625. The molecule has 2 fully saturated rings. The van der Waals surface area contributed by atoms with Crippen molar-refractivity contribution in [2.45, 2.75) is 38.1 Å². The van der Waals surface area contributed by atoms with Crippen molar-refractivity contribution in [3.63, 3.8) is 0 Å². The van der Waals surface area contributed by atoms with E-state index in [1.54, 1.807) is 13.3 Å². The van der Waals surface area contributed by atoms with Crippen molar-refractivity contribution < 1.29 is 9.53 Å². The lowest BCUT2D eigenvalue weighted by Gasteiger charge is -2.34. The number of nitrogens with one attached hydrogen (secondary N) is 1. The minimum Gasteiger partial charge on any atom is -0.493 e. The predicted molar refractivity (Wildman–Crippen MR) is 81.5 cm³/mol. The summed E-state index contributed by atoms with van der Waals surface area (Å²) in [6, 6.07) is 4.24. The molecule has 2 heterocycles. The summed E-state index contributed by atoms with van der Waals surface area (Å²) in [4.78, 5) is 18.8. The van der Waals surface area contributed by atoms with Gasteiger partial charge in [0.15, 0.2) is 11.6 Å². The summed E-state index contributed by atoms with van der Waals surface area (Å²) < 4.78 is 5.36. The molecule has 1 aromatic rings. The summed E-state index contributed by atoms with van der Waals surface area (Å²) in [6.07, 6.45) is 7.11. The van der Waals surface area contributed by atoms with Crippen LogP contribution in [0.25, 0.3) is 0 Å². The first-order valence-corrected chi connectivity index (χ1v) is 7.82. The van der Waals surface area contributed by atoms with Crippen LogP contribution < -0.4 is 15.0 Å². The molecule has 1 amide bonds. The first-order valence-electron chi connectivity index (χ1n) is 7.82. The molecule has 21 heavy (non-hydrogen) atoms. The van der Waals surface area contributed by atoms with E-state index in [2.05, 4.69) is 15.2 Å². The van der Waals surface area contributed by atoms with Crippen molar-refractivity contribution in [2.24, 2.45) is 5.92 Å². The molecule has 2 aliphatic rings. The third kappa shape index (κ3) is 3.12. The van der Waals surface area contributed by atoms with Gasteiger partial charge in [-0.05, 0) is 44.2 Å². The number of anilines is 1. The molecule has 0 atom stereocenters. The van der Waals surface area contributed by atoms with Gasteiger partial charge in [-0.25, -0.2) is 4.98 Å². The van der Waals surface area contributed by atoms with Crippen LogP contribution in [0.15, 0.2) is 18.3 Å². The van der Waals surface area contributed by atoms with Crippen LogP contribution in [-0.2, 0) is 4.79 Å². The van der Waals surface area contributed by atoms with Crippen LogP contribution in [0.2, 0.25) is 0 Å². The number of pyridine rings is 1. The fourth-order valence-corrected chi connectivity index (χ4v) is 3.00. The van der Waals surface area contributed by atoms with Crippen molar-refractivity contribution >= 4 is 11.7 Å². The lowest BCUT2D eigenvalue weighted by Crippen LogP contribution is -2.46. The molecule has 5 nitrogen and oxygen atoms in total. The van der Waals surface area contributed by atoms with Gasteiger partial charge in [0.1, 0.15) is 0 Å². The van der Waals surface area contributed by atoms with Gasteiger partial charge in [-0.15, -0.1) is 0 Å². The van der Waals surface area contributed by atoms with Crippen molar-refractivity contribution in [3.8, 4) is 5.75 Å². The van der Waals surface area contributed by atoms with E-state index in [0.29, 0.717) is 6.04 Å². The maximum atomic E-state index is 12.2. The van der Waals surface area contributed by atoms with Gasteiger partial charge in [-0.1, -0.05) is 0 Å². The van der Waals surface area contributed by atoms with Gasteiger partial charge >= 0.3 is 0 Å². The van der Waals surface area contributed by atoms with E-state index in [9.17, 15) is 4.79 Å². The first kappa shape index (κ1) is 14.2. The van der Waals surface area contributed by atoms with E-state index in [0.717, 1.165) is 50.3 Å². The van der Waals surface area contributed by atoms with Crippen LogP contribution in [0.5, 0.6) is 5.75 Å². The summed E-state index contributed by atoms with van der Waals surface area (Å²) in [5.41, 5.74) is 0. The number of aromatic nitrogens is 1. The summed E-state index contributed by atoms with van der Waals surface area (Å²) in [6.45, 7) is 1.71. The quantitative estimate of drug-likeness (QED) is 0.921. The van der Waals surface area contributed by atoms with Crippen molar-refractivity contribution in [1.29, 1.82) is 0 Å². The molecule has 114 valence electrons. The highest BCUT2D eigenvalue weighted by Gasteiger charge is 2.29. The molecule has 1 aromatic heterocycles. The highest BCUT2D eigenvalue weighted by molar-refractivity contribution is 5.79. The van der Waals surface area contributed by atoms with Gasteiger partial charge in [0.05, 0.1) is 7.11 Å². The Morgan fingerprint density at radius 1 is 1.33 bits per heavy atom. The fourth-order valence-electron chi connectivity index (χ4n) is 3.00. The van der Waals surface area contributed by atoms with Crippen molar-refractivity contribution in [2.75, 3.05) is 25.1 Å². The van der Waals surface area contributed by atoms with E-state index in [1.165, 1.54) is 6.42 Å². The molecule has 3 rings (SSSR count). The lowest BCUT2D eigenvalue weighted by molar-refractivity contribution is -0.126. The highest BCUT2D eigenvalue weighted by Crippen LogP contribution is 2.29. The van der Waals surface area contributed by atoms with Gasteiger partial charge in [0.2, 0.25) is 5.91 Å². The molecule has 0 spiro atoms. The molecule has 0 radical (unpaired) electrons. The van der Waals surface area contributed by atoms with Gasteiger partial charge in [0, 0.05) is 31.2 Å². The summed E-state index contributed by atoms with van der Waals surface area (Å²) in [5.74, 6) is 2.08. The summed E-state index contributed by atoms with van der Waals surface area (Å²) in [7, 11) is 1.67. The summed E-state index contributed by atoms with van der Waals surface area (Å²) >= 11 is 0. The molecule has 0 aromatic carbocycles. The molecule has 1 aliphatic heterocycles. The van der Waals surface area contributed by atoms with Crippen LogP contribution in [0.4, 0.5) is 5.82 Å². The molecule has 1 aliphatic carbocycles. The van der Waals surface area contributed by atoms with Crippen LogP contribution >= 0.6 is 0 Å². The maximum Gasteiger partial charge on any atom is 0.223 e. The minimum absolute atomic E-state index is 0.150. The SMILES string of the molecule is COc1cccnc1N1CCC(C(=O)NC2CCC2)CC1. The Morgan fingerprint density at radius 3 is 2.71 bits per heavy atom. The smallest absolute Gasteiger partial charge is 0.223 e. The number of rotatable bonds is 4. The molecular formula is C16H23N3O2. The Labute approximate surface area is 125 Å². The van der Waals surface area contributed by atoms with Gasteiger partial charge < -0.3 is 15.0 Å². The van der Waals surface area contributed by atoms with Crippen LogP contribution in [0.3, 0.4) is 0 Å². The number of carbonyl (C=O) groups excluding carboxylic acids is 1. The number of methoxy groups -OCH3 is 1. The van der Waals surface area contributed by atoms with Gasteiger partial charge in [-0.3, -0.25) is 4.79 Å². The highest BCUT2D eigenvalue weighted by atomic mass is 16.5. The van der Waals surface area contributed by atoms with E-state index in [4.69, 9.17) is 4.74 Å². The van der Waals surface area contributed by atoms with Crippen LogP contribution in [0.1, 0.15) is 32.1 Å². The Bertz CT molecular complexity index is 494. The minimum atomic E-state index is 0.150. The average molecular weight is 289 g/mol. The molecular weight excluding hydrogens is 266 g/mol. The second-order valence-corrected chi connectivity index (χ2v) is 5.93. The average Bonchev–Trinajstić information content (AvgIpc) is 2.51. The van der Waals surface area contributed by atoms with E-state index >= 15 is 0 Å². The lowest BCUT2D eigenvalue weighted by atomic mass is 9.90. The second kappa shape index (κ2) is 6.33. The zero-order valence-corrected chi connectivity index (χ0v) is 12.5. The molecule has 1 saturated heterocycles. The van der Waals surface area contributed by atoms with Gasteiger partial charge in [-0.2, -0.15) is 0 Å². The van der Waals surface area contributed by atoms with Crippen molar-refractivity contribution in [1.82, 2.24) is 10.3 Å². The Kier molecular flexibility index (Phi) is 4.27. The second-order valence-electron chi connectivity index (χ2n) is 5.93. The Balaban J connectivity index is 1.55. The van der Waals surface area contributed by atoms with E-state index in [1.807, 2.05) is 12.1 Å². The molecule has 0 unspecified atom stereocenters. The first-order chi connectivity index (χ1) is 10.3. The number of ether oxygens (including phenoxy) is 1. The molecule has 1 saturated carbocycles. The monoisotopic (exact) mass is 289 g/mol. The zero-order chi connectivity index (χ0) is 14.7. The Hall–Kier alpha value is -1.78. The largest absolute Gasteiger partial charge is 0.493 e. The van der Waals surface area contributed by atoms with Gasteiger partial charge in [0.25, 0.3) is 0 Å². The van der Waals surface area contributed by atoms with E-state index < -0.39 is 0 Å². The van der Waals surface area contributed by atoms with E-state index in [-0.39, 0.29) is 11.8 Å². The van der Waals surface area contributed by atoms with Crippen molar-refractivity contribution in [3.05, 3.63) is 18.3 Å². The molecule has 0 bridgehead atoms. The molecule has 1 N–H and O–H groups in total. The van der Waals surface area contributed by atoms with Crippen LogP contribution in [-0.4, -0.2) is 37.1 Å². The van der Waals surface area contributed by atoms with Crippen LogP contribution in [0, 0.1) is 5.92 Å². The maximum absolute atomic E-state index is 12.2. The standard InChI is InChI=1S/C16H23N3O2/c1-21-14-6-3-9-17-15(14)19-10-7-12(8-11-19)16(20)18-13-4-2-5-13/h3,6,9,12-13H,2,4-5,7-8,10-11H2,1H3,(H,18,20). The number of carbonyl (C=O) groups is 1. The third-order valence-electron chi connectivity index (χ3n) is 4.59. The Morgan fingerprint density at radius 2 is 2.10 bits per heavy atom.